The topological polar surface area (TPSA) is 41.6 Å². The monoisotopic (exact) mass is 268 g/mol. The van der Waals surface area contributed by atoms with Gasteiger partial charge in [0, 0.05) is 13.1 Å². The second-order valence-corrected chi connectivity index (χ2v) is 4.69. The largest absolute Gasteiger partial charge is 0.378 e. The maximum Gasteiger partial charge on any atom is 0.242 e. The highest BCUT2D eigenvalue weighted by Crippen LogP contribution is 2.24. The first-order valence-corrected chi connectivity index (χ1v) is 6.41. The molecule has 1 aliphatic heterocycles. The molecule has 0 spiro atoms. The first-order valence-electron chi connectivity index (χ1n) is 6.03. The fourth-order valence-electron chi connectivity index (χ4n) is 1.94. The number of hydrogen-bond acceptors (Lipinski definition) is 3. The molecule has 4 nitrogen and oxygen atoms in total. The minimum absolute atomic E-state index is 0.0811. The summed E-state index contributed by atoms with van der Waals surface area (Å²) >= 11 is 6.09. The third-order valence-corrected chi connectivity index (χ3v) is 3.32. The Morgan fingerprint density at radius 3 is 2.83 bits per heavy atom. The molecular weight excluding hydrogens is 252 g/mol. The van der Waals surface area contributed by atoms with Crippen LogP contribution in [-0.2, 0) is 9.53 Å². The highest BCUT2D eigenvalue weighted by atomic mass is 35.5. The number of morpholine rings is 1. The molecule has 1 N–H and O–H groups in total. The Morgan fingerprint density at radius 1 is 1.44 bits per heavy atom. The number of ether oxygens (including phenoxy) is 1. The van der Waals surface area contributed by atoms with E-state index in [-0.39, 0.29) is 12.5 Å². The molecule has 1 amide bonds. The van der Waals surface area contributed by atoms with Crippen LogP contribution in [-0.4, -0.2) is 43.7 Å². The van der Waals surface area contributed by atoms with E-state index in [0.717, 1.165) is 11.3 Å². The van der Waals surface area contributed by atoms with Crippen LogP contribution in [0.2, 0.25) is 5.02 Å². The van der Waals surface area contributed by atoms with Crippen LogP contribution in [0.25, 0.3) is 0 Å². The molecule has 98 valence electrons. The summed E-state index contributed by atoms with van der Waals surface area (Å²) in [5.74, 6) is 0.0811. The molecule has 1 heterocycles. The number of hydrogen-bond donors (Lipinski definition) is 1. The standard InChI is InChI=1S/C13H17ClN2O2/c1-10-3-2-4-11(14)13(10)15-9-12(17)16-5-7-18-8-6-16/h2-4,15H,5-9H2,1H3. The van der Waals surface area contributed by atoms with Gasteiger partial charge in [0.1, 0.15) is 0 Å². The van der Waals surface area contributed by atoms with Crippen molar-refractivity contribution in [1.29, 1.82) is 0 Å². The molecular formula is C13H17ClN2O2. The second-order valence-electron chi connectivity index (χ2n) is 4.28. The van der Waals surface area contributed by atoms with E-state index in [0.29, 0.717) is 31.3 Å². The van der Waals surface area contributed by atoms with Crippen molar-refractivity contribution in [3.05, 3.63) is 28.8 Å². The van der Waals surface area contributed by atoms with Crippen molar-refractivity contribution >= 4 is 23.2 Å². The SMILES string of the molecule is Cc1cccc(Cl)c1NCC(=O)N1CCOCC1. The molecule has 1 aliphatic rings. The van der Waals surface area contributed by atoms with Gasteiger partial charge in [-0.05, 0) is 18.6 Å². The van der Waals surface area contributed by atoms with Crippen molar-refractivity contribution in [3.63, 3.8) is 0 Å². The predicted octanol–water partition coefficient (Wildman–Crippen LogP) is 1.92. The van der Waals surface area contributed by atoms with Gasteiger partial charge in [-0.2, -0.15) is 0 Å². The van der Waals surface area contributed by atoms with Crippen LogP contribution in [0.1, 0.15) is 5.56 Å². The highest BCUT2D eigenvalue weighted by molar-refractivity contribution is 6.33. The fourth-order valence-corrected chi connectivity index (χ4v) is 2.23. The van der Waals surface area contributed by atoms with Crippen molar-refractivity contribution < 1.29 is 9.53 Å². The predicted molar refractivity (Wildman–Crippen MR) is 72.1 cm³/mol. The number of halogens is 1. The molecule has 1 fully saturated rings. The summed E-state index contributed by atoms with van der Waals surface area (Å²) in [7, 11) is 0. The number of carbonyl (C=O) groups is 1. The number of carbonyl (C=O) groups excluding carboxylic acids is 1. The Bertz CT molecular complexity index is 411. The quantitative estimate of drug-likeness (QED) is 0.911. The van der Waals surface area contributed by atoms with Gasteiger partial charge in [0.15, 0.2) is 0 Å². The van der Waals surface area contributed by atoms with E-state index in [1.54, 1.807) is 0 Å². The van der Waals surface area contributed by atoms with Gasteiger partial charge in [0.2, 0.25) is 5.91 Å². The summed E-state index contributed by atoms with van der Waals surface area (Å²) in [6.45, 7) is 4.82. The van der Waals surface area contributed by atoms with Crippen LogP contribution in [0.15, 0.2) is 18.2 Å². The highest BCUT2D eigenvalue weighted by Gasteiger charge is 2.16. The number of para-hydroxylation sites is 1. The van der Waals surface area contributed by atoms with Gasteiger partial charge in [-0.1, -0.05) is 23.7 Å². The molecule has 5 heteroatoms. The molecule has 1 aromatic rings. The van der Waals surface area contributed by atoms with Crippen molar-refractivity contribution in [1.82, 2.24) is 4.90 Å². The van der Waals surface area contributed by atoms with Gasteiger partial charge in [0.25, 0.3) is 0 Å². The van der Waals surface area contributed by atoms with Crippen molar-refractivity contribution in [3.8, 4) is 0 Å². The molecule has 1 saturated heterocycles. The molecule has 0 bridgehead atoms. The summed E-state index contributed by atoms with van der Waals surface area (Å²) in [5.41, 5.74) is 1.87. The molecule has 0 aliphatic carbocycles. The third kappa shape index (κ3) is 3.15. The summed E-state index contributed by atoms with van der Waals surface area (Å²) in [5, 5.41) is 3.76. The van der Waals surface area contributed by atoms with Gasteiger partial charge >= 0.3 is 0 Å². The number of anilines is 1. The third-order valence-electron chi connectivity index (χ3n) is 3.00. The lowest BCUT2D eigenvalue weighted by Crippen LogP contribution is -2.43. The van der Waals surface area contributed by atoms with E-state index >= 15 is 0 Å². The zero-order chi connectivity index (χ0) is 13.0. The van der Waals surface area contributed by atoms with Gasteiger partial charge in [-0.25, -0.2) is 0 Å². The van der Waals surface area contributed by atoms with E-state index in [1.807, 2.05) is 30.0 Å². The van der Waals surface area contributed by atoms with E-state index in [2.05, 4.69) is 5.32 Å². The average Bonchev–Trinajstić information content (AvgIpc) is 2.39. The minimum atomic E-state index is 0.0811. The fraction of sp³-hybridized carbons (Fsp3) is 0.462. The van der Waals surface area contributed by atoms with Crippen LogP contribution >= 0.6 is 11.6 Å². The van der Waals surface area contributed by atoms with E-state index in [4.69, 9.17) is 16.3 Å². The first-order chi connectivity index (χ1) is 8.68. The Labute approximate surface area is 112 Å². The molecule has 0 atom stereocenters. The van der Waals surface area contributed by atoms with Crippen LogP contribution in [0.3, 0.4) is 0 Å². The number of nitrogens with zero attached hydrogens (tertiary/aromatic N) is 1. The summed E-state index contributed by atoms with van der Waals surface area (Å²) in [6, 6.07) is 5.68. The Hall–Kier alpha value is -1.26. The first kappa shape index (κ1) is 13.2. The Balaban J connectivity index is 1.92. The summed E-state index contributed by atoms with van der Waals surface area (Å²) in [6.07, 6.45) is 0. The zero-order valence-electron chi connectivity index (χ0n) is 10.4. The molecule has 2 rings (SSSR count). The average molecular weight is 269 g/mol. The maximum atomic E-state index is 12.0. The van der Waals surface area contributed by atoms with Gasteiger partial charge in [0.05, 0.1) is 30.5 Å². The van der Waals surface area contributed by atoms with Gasteiger partial charge < -0.3 is 15.0 Å². The smallest absolute Gasteiger partial charge is 0.242 e. The minimum Gasteiger partial charge on any atom is -0.378 e. The van der Waals surface area contributed by atoms with Crippen LogP contribution in [0.4, 0.5) is 5.69 Å². The van der Waals surface area contributed by atoms with E-state index < -0.39 is 0 Å². The number of nitrogens with one attached hydrogen (secondary N) is 1. The number of rotatable bonds is 3. The number of amides is 1. The van der Waals surface area contributed by atoms with Crippen molar-refractivity contribution in [2.24, 2.45) is 0 Å². The molecule has 0 unspecified atom stereocenters. The lowest BCUT2D eigenvalue weighted by molar-refractivity contribution is -0.133. The Kier molecular flexibility index (Phi) is 4.44. The zero-order valence-corrected chi connectivity index (χ0v) is 11.2. The van der Waals surface area contributed by atoms with E-state index in [1.165, 1.54) is 0 Å². The van der Waals surface area contributed by atoms with E-state index in [9.17, 15) is 4.79 Å². The van der Waals surface area contributed by atoms with Gasteiger partial charge in [-0.3, -0.25) is 4.79 Å². The molecule has 1 aromatic carbocycles. The molecule has 0 radical (unpaired) electrons. The van der Waals surface area contributed by atoms with Crippen LogP contribution in [0, 0.1) is 6.92 Å². The lowest BCUT2D eigenvalue weighted by Gasteiger charge is -2.27. The maximum absolute atomic E-state index is 12.0. The van der Waals surface area contributed by atoms with Crippen LogP contribution in [0.5, 0.6) is 0 Å². The van der Waals surface area contributed by atoms with Gasteiger partial charge in [-0.15, -0.1) is 0 Å². The number of benzene rings is 1. The summed E-state index contributed by atoms with van der Waals surface area (Å²) in [4.78, 5) is 13.8. The molecule has 0 aromatic heterocycles. The normalized spacial score (nSPS) is 15.6. The van der Waals surface area contributed by atoms with Crippen LogP contribution < -0.4 is 5.32 Å². The lowest BCUT2D eigenvalue weighted by atomic mass is 10.2. The molecule has 0 saturated carbocycles. The van der Waals surface area contributed by atoms with Crippen molar-refractivity contribution in [2.45, 2.75) is 6.92 Å². The number of aryl methyl sites for hydroxylation is 1. The molecule has 18 heavy (non-hydrogen) atoms. The second kappa shape index (κ2) is 6.07. The van der Waals surface area contributed by atoms with Crippen molar-refractivity contribution in [2.75, 3.05) is 38.2 Å². The Morgan fingerprint density at radius 2 is 2.17 bits per heavy atom. The summed E-state index contributed by atoms with van der Waals surface area (Å²) < 4.78 is 5.22.